The molecule has 3 aromatic carbocycles. The lowest BCUT2D eigenvalue weighted by molar-refractivity contribution is -0.136. The van der Waals surface area contributed by atoms with Crippen molar-refractivity contribution in [2.75, 3.05) is 16.8 Å². The molecule has 0 fully saturated rings. The maximum atomic E-state index is 14.4. The number of benzene rings is 3. The Labute approximate surface area is 265 Å². The Morgan fingerprint density at radius 3 is 2.39 bits per heavy atom. The van der Waals surface area contributed by atoms with Crippen LogP contribution in [-0.2, 0) is 17.8 Å². The average Bonchev–Trinajstić information content (AvgIpc) is 3.40. The van der Waals surface area contributed by atoms with Gasteiger partial charge in [0.25, 0.3) is 5.91 Å². The summed E-state index contributed by atoms with van der Waals surface area (Å²) in [4.78, 5) is 42.5. The summed E-state index contributed by atoms with van der Waals surface area (Å²) in [6, 6.07) is 15.5. The fourth-order valence-corrected chi connectivity index (χ4v) is 6.02. The number of nitrogens with zero attached hydrogens (tertiary/aromatic N) is 2. The van der Waals surface area contributed by atoms with E-state index in [1.807, 2.05) is 24.3 Å². The molecule has 1 aromatic heterocycles. The number of carbonyl (C=O) groups excluding carboxylic acids is 2. The molecular weight excluding hydrogens is 624 g/mol. The molecule has 0 saturated carbocycles. The van der Waals surface area contributed by atoms with Crippen molar-refractivity contribution in [2.45, 2.75) is 51.2 Å². The number of nitrogens with one attached hydrogen (secondary N) is 2. The quantitative estimate of drug-likeness (QED) is 0.150. The van der Waals surface area contributed by atoms with Gasteiger partial charge >= 0.3 is 18.2 Å². The third kappa shape index (κ3) is 8.47. The fraction of sp³-hybridized carbons (Fsp3) is 0.273. The highest BCUT2D eigenvalue weighted by Gasteiger charge is 2.30. The Hall–Kier alpha value is -4.78. The molecule has 0 atom stereocenters. The molecule has 46 heavy (non-hydrogen) atoms. The molecule has 0 spiro atoms. The van der Waals surface area contributed by atoms with Crippen LogP contribution in [0.5, 0.6) is 0 Å². The number of allylic oxidation sites excluding steroid dienone is 2. The summed E-state index contributed by atoms with van der Waals surface area (Å²) in [7, 11) is 0. The largest absolute Gasteiger partial charge is 0.481 e. The second kappa shape index (κ2) is 14.1. The average molecular weight is 655 g/mol. The molecule has 3 amide bonds. The number of carboxylic acid groups (broad SMARTS) is 1. The van der Waals surface area contributed by atoms with Gasteiger partial charge in [0.2, 0.25) is 0 Å². The summed E-state index contributed by atoms with van der Waals surface area (Å²) in [5, 5.41) is 14.1. The highest BCUT2D eigenvalue weighted by molar-refractivity contribution is 7.22. The minimum absolute atomic E-state index is 0.0151. The fourth-order valence-electron chi connectivity index (χ4n) is 5.12. The van der Waals surface area contributed by atoms with Crippen molar-refractivity contribution in [3.05, 3.63) is 94.8 Å². The molecule has 0 saturated heterocycles. The SMILES string of the molecule is O=C(O)CCNC(=O)c1ccc(CN(C(=O)Nc2nc3cc(F)c(CC(F)(F)F)cc3s2)c2ccc(C3=CCCCC3)cc2)cc1. The Kier molecular flexibility index (Phi) is 10.0. The zero-order valence-corrected chi connectivity index (χ0v) is 25.3. The second-order valence-electron chi connectivity index (χ2n) is 10.9. The number of alkyl halides is 3. The van der Waals surface area contributed by atoms with Crippen LogP contribution in [0.15, 0.2) is 66.7 Å². The van der Waals surface area contributed by atoms with Crippen LogP contribution >= 0.6 is 11.3 Å². The smallest absolute Gasteiger partial charge is 0.393 e. The van der Waals surface area contributed by atoms with Gasteiger partial charge in [-0.3, -0.25) is 19.8 Å². The van der Waals surface area contributed by atoms with E-state index < -0.39 is 41.9 Å². The van der Waals surface area contributed by atoms with Crippen LogP contribution in [0.4, 0.5) is 33.2 Å². The third-order valence-corrected chi connectivity index (χ3v) is 8.36. The maximum absolute atomic E-state index is 14.4. The van der Waals surface area contributed by atoms with E-state index in [0.717, 1.165) is 54.7 Å². The molecule has 0 bridgehead atoms. The first-order valence-corrected chi connectivity index (χ1v) is 15.4. The predicted molar refractivity (Wildman–Crippen MR) is 168 cm³/mol. The number of carboxylic acids is 1. The van der Waals surface area contributed by atoms with Crippen LogP contribution in [-0.4, -0.2) is 40.7 Å². The summed E-state index contributed by atoms with van der Waals surface area (Å²) in [5.41, 5.74) is 3.49. The van der Waals surface area contributed by atoms with Crippen LogP contribution in [0.1, 0.15) is 59.2 Å². The highest BCUT2D eigenvalue weighted by Crippen LogP contribution is 2.33. The molecule has 1 heterocycles. The van der Waals surface area contributed by atoms with Gasteiger partial charge in [-0.05, 0) is 78.3 Å². The number of halogens is 4. The molecule has 4 aromatic rings. The topological polar surface area (TPSA) is 112 Å². The molecule has 1 aliphatic rings. The van der Waals surface area contributed by atoms with Crippen molar-refractivity contribution in [3.63, 3.8) is 0 Å². The van der Waals surface area contributed by atoms with Gasteiger partial charge < -0.3 is 10.4 Å². The minimum Gasteiger partial charge on any atom is -0.481 e. The van der Waals surface area contributed by atoms with Gasteiger partial charge in [-0.25, -0.2) is 14.2 Å². The maximum Gasteiger partial charge on any atom is 0.393 e. The number of fused-ring (bicyclic) bond motifs is 1. The summed E-state index contributed by atoms with van der Waals surface area (Å²) in [6.45, 7) is 0.0723. The standard InChI is InChI=1S/C33H30F4N4O4S/c34-26-17-27-28(16-24(26)18-33(35,36)37)46-31(39-27)40-32(45)41(25-12-10-22(11-13-25)21-4-2-1-3-5-21)19-20-6-8-23(9-7-20)30(44)38-15-14-29(42)43/h4,6-13,16-17H,1-3,5,14-15,18-19H2,(H,38,44)(H,42,43)(H,39,40,45). The lowest BCUT2D eigenvalue weighted by atomic mass is 9.93. The normalized spacial score (nSPS) is 13.3. The van der Waals surface area contributed by atoms with Crippen LogP contribution in [0.2, 0.25) is 0 Å². The van der Waals surface area contributed by atoms with Gasteiger partial charge in [0.05, 0.1) is 29.6 Å². The number of thiazole rings is 1. The molecule has 3 N–H and O–H groups in total. The third-order valence-electron chi connectivity index (χ3n) is 7.43. The summed E-state index contributed by atoms with van der Waals surface area (Å²) >= 11 is 0.936. The lowest BCUT2D eigenvalue weighted by Gasteiger charge is -2.23. The second-order valence-corrected chi connectivity index (χ2v) is 11.9. The first kappa shape index (κ1) is 32.6. The minimum atomic E-state index is -4.58. The Balaban J connectivity index is 1.38. The molecule has 0 aliphatic heterocycles. The van der Waals surface area contributed by atoms with Crippen molar-refractivity contribution in [3.8, 4) is 0 Å². The number of rotatable bonds is 10. The van der Waals surface area contributed by atoms with E-state index in [-0.39, 0.29) is 30.2 Å². The summed E-state index contributed by atoms with van der Waals surface area (Å²) in [5.74, 6) is -2.48. The van der Waals surface area contributed by atoms with Gasteiger partial charge in [-0.15, -0.1) is 0 Å². The van der Waals surface area contributed by atoms with Gasteiger partial charge in [-0.2, -0.15) is 13.2 Å². The van der Waals surface area contributed by atoms with Crippen molar-refractivity contribution >= 4 is 55.9 Å². The van der Waals surface area contributed by atoms with E-state index in [9.17, 15) is 31.9 Å². The zero-order valence-electron chi connectivity index (χ0n) is 24.5. The number of aromatic nitrogens is 1. The van der Waals surface area contributed by atoms with Crippen molar-refractivity contribution < 1.29 is 37.1 Å². The van der Waals surface area contributed by atoms with Gasteiger partial charge in [-0.1, -0.05) is 41.7 Å². The van der Waals surface area contributed by atoms with Crippen molar-refractivity contribution in [2.24, 2.45) is 0 Å². The first-order chi connectivity index (χ1) is 21.9. The Bertz CT molecular complexity index is 1770. The number of anilines is 2. The van der Waals surface area contributed by atoms with Gasteiger partial charge in [0.15, 0.2) is 5.13 Å². The monoisotopic (exact) mass is 654 g/mol. The van der Waals surface area contributed by atoms with Gasteiger partial charge in [0, 0.05) is 23.9 Å². The molecule has 8 nitrogen and oxygen atoms in total. The lowest BCUT2D eigenvalue weighted by Crippen LogP contribution is -2.34. The summed E-state index contributed by atoms with van der Waals surface area (Å²) < 4.78 is 53.4. The molecule has 0 radical (unpaired) electrons. The molecule has 5 rings (SSSR count). The number of amides is 3. The van der Waals surface area contributed by atoms with E-state index in [2.05, 4.69) is 21.7 Å². The highest BCUT2D eigenvalue weighted by atomic mass is 32.1. The number of aliphatic carboxylic acids is 1. The number of urea groups is 1. The van der Waals surface area contributed by atoms with E-state index in [4.69, 9.17) is 5.11 Å². The first-order valence-electron chi connectivity index (χ1n) is 14.6. The Morgan fingerprint density at radius 1 is 1.00 bits per heavy atom. The number of hydrogen-bond donors (Lipinski definition) is 3. The van der Waals surface area contributed by atoms with Crippen LogP contribution in [0.3, 0.4) is 0 Å². The predicted octanol–water partition coefficient (Wildman–Crippen LogP) is 7.94. The van der Waals surface area contributed by atoms with E-state index in [1.54, 1.807) is 24.3 Å². The van der Waals surface area contributed by atoms with Gasteiger partial charge in [0.1, 0.15) is 5.82 Å². The van der Waals surface area contributed by atoms with Crippen LogP contribution in [0, 0.1) is 5.82 Å². The van der Waals surface area contributed by atoms with Crippen LogP contribution < -0.4 is 15.5 Å². The number of carbonyl (C=O) groups is 3. The molecule has 1 aliphatic carbocycles. The summed E-state index contributed by atoms with van der Waals surface area (Å²) in [6.07, 6.45) is 0.270. The Morgan fingerprint density at radius 2 is 1.74 bits per heavy atom. The molecule has 13 heteroatoms. The van der Waals surface area contributed by atoms with Crippen molar-refractivity contribution in [1.82, 2.24) is 10.3 Å². The molecule has 240 valence electrons. The number of hydrogen-bond acceptors (Lipinski definition) is 5. The van der Waals surface area contributed by atoms with E-state index >= 15 is 0 Å². The molecule has 0 unspecified atom stereocenters. The van der Waals surface area contributed by atoms with E-state index in [0.29, 0.717) is 21.5 Å². The van der Waals surface area contributed by atoms with Crippen LogP contribution in [0.25, 0.3) is 15.8 Å². The molecular formula is C33H30F4N4O4S. The van der Waals surface area contributed by atoms with E-state index in [1.165, 1.54) is 10.5 Å². The zero-order chi connectivity index (χ0) is 32.8. The van der Waals surface area contributed by atoms with Crippen molar-refractivity contribution in [1.29, 1.82) is 0 Å².